The molecule has 0 amide bonds. The number of rotatable bonds is 1. The number of nitrogens with zero attached hydrogens (tertiary/aromatic N) is 3. The lowest BCUT2D eigenvalue weighted by Gasteiger charge is -2.39. The second kappa shape index (κ2) is 4.45. The molecule has 2 unspecified atom stereocenters. The summed E-state index contributed by atoms with van der Waals surface area (Å²) in [5.74, 6) is 1.93. The van der Waals surface area contributed by atoms with Crippen LogP contribution in [0.25, 0.3) is 0 Å². The van der Waals surface area contributed by atoms with E-state index < -0.39 is 0 Å². The largest absolute Gasteiger partial charge is 0.353 e. The molecule has 0 bridgehead atoms. The van der Waals surface area contributed by atoms with E-state index in [4.69, 9.17) is 11.6 Å². The monoisotopic (exact) mass is 251 g/mol. The second-order valence-corrected chi connectivity index (χ2v) is 5.58. The maximum atomic E-state index is 5.93. The molecule has 0 spiro atoms. The van der Waals surface area contributed by atoms with Crippen LogP contribution in [0.5, 0.6) is 0 Å². The van der Waals surface area contributed by atoms with Gasteiger partial charge in [-0.15, -0.1) is 0 Å². The Bertz CT molecular complexity index is 421. The normalized spacial score (nSPS) is 28.2. The Balaban J connectivity index is 1.94. The molecule has 4 heteroatoms. The van der Waals surface area contributed by atoms with Gasteiger partial charge in [0.1, 0.15) is 5.82 Å². The third-order valence-corrected chi connectivity index (χ3v) is 4.36. The van der Waals surface area contributed by atoms with Gasteiger partial charge in [-0.2, -0.15) is 0 Å². The summed E-state index contributed by atoms with van der Waals surface area (Å²) < 4.78 is 0. The van der Waals surface area contributed by atoms with Crippen LogP contribution in [0, 0.1) is 12.8 Å². The van der Waals surface area contributed by atoms with Crippen LogP contribution >= 0.6 is 11.6 Å². The summed E-state index contributed by atoms with van der Waals surface area (Å²) in [7, 11) is 0. The zero-order valence-corrected chi connectivity index (χ0v) is 11.0. The van der Waals surface area contributed by atoms with E-state index in [1.807, 2.05) is 6.20 Å². The highest BCUT2D eigenvalue weighted by Gasteiger charge is 2.36. The quantitative estimate of drug-likeness (QED) is 0.718. The number of anilines is 1. The summed E-state index contributed by atoms with van der Waals surface area (Å²) in [6.45, 7) is 3.19. The molecule has 2 fully saturated rings. The van der Waals surface area contributed by atoms with Crippen LogP contribution in [0.3, 0.4) is 0 Å². The minimum atomic E-state index is 0.366. The third kappa shape index (κ3) is 2.01. The van der Waals surface area contributed by atoms with E-state index >= 15 is 0 Å². The first-order chi connectivity index (χ1) is 8.25. The summed E-state index contributed by atoms with van der Waals surface area (Å²) in [5, 5.41) is 0.366. The zero-order chi connectivity index (χ0) is 11.8. The number of aromatic nitrogens is 2. The van der Waals surface area contributed by atoms with E-state index in [-0.39, 0.29) is 0 Å². The van der Waals surface area contributed by atoms with E-state index in [0.29, 0.717) is 11.3 Å². The molecule has 1 saturated carbocycles. The van der Waals surface area contributed by atoms with Crippen molar-refractivity contribution in [1.82, 2.24) is 9.97 Å². The van der Waals surface area contributed by atoms with Crippen molar-refractivity contribution in [3.05, 3.63) is 17.0 Å². The van der Waals surface area contributed by atoms with Crippen LogP contribution in [-0.4, -0.2) is 22.6 Å². The molecule has 0 radical (unpaired) electrons. The van der Waals surface area contributed by atoms with Crippen molar-refractivity contribution in [3.63, 3.8) is 0 Å². The number of fused-ring (bicyclic) bond motifs is 1. The summed E-state index contributed by atoms with van der Waals surface area (Å²) >= 11 is 5.93. The fraction of sp³-hybridized carbons (Fsp3) is 0.692. The van der Waals surface area contributed by atoms with Gasteiger partial charge in [-0.25, -0.2) is 9.97 Å². The van der Waals surface area contributed by atoms with Gasteiger partial charge in [0.05, 0.1) is 0 Å². The smallest absolute Gasteiger partial charge is 0.224 e. The first-order valence-electron chi connectivity index (χ1n) is 6.51. The lowest BCUT2D eigenvalue weighted by atomic mass is 9.92. The Morgan fingerprint density at radius 3 is 3.00 bits per heavy atom. The molecule has 1 aromatic heterocycles. The summed E-state index contributed by atoms with van der Waals surface area (Å²) in [5.41, 5.74) is 1.14. The van der Waals surface area contributed by atoms with Gasteiger partial charge >= 0.3 is 0 Å². The molecule has 2 aliphatic rings. The fourth-order valence-electron chi connectivity index (χ4n) is 3.42. The SMILES string of the molecule is Cc1cnc(Cl)nc1N1CCCC2CCCC21. The molecule has 92 valence electrons. The Labute approximate surface area is 107 Å². The maximum Gasteiger partial charge on any atom is 0.224 e. The van der Waals surface area contributed by atoms with E-state index in [1.54, 1.807) is 0 Å². The molecule has 2 heterocycles. The maximum absolute atomic E-state index is 5.93. The van der Waals surface area contributed by atoms with Crippen molar-refractivity contribution in [1.29, 1.82) is 0 Å². The Hall–Kier alpha value is -0.830. The van der Waals surface area contributed by atoms with E-state index in [0.717, 1.165) is 23.8 Å². The van der Waals surface area contributed by atoms with Gasteiger partial charge in [0.2, 0.25) is 5.28 Å². The molecule has 0 N–H and O–H groups in total. The number of hydrogen-bond donors (Lipinski definition) is 0. The molecular formula is C13H18ClN3. The van der Waals surface area contributed by atoms with Gasteiger partial charge in [0.25, 0.3) is 0 Å². The first-order valence-corrected chi connectivity index (χ1v) is 6.89. The Morgan fingerprint density at radius 2 is 2.12 bits per heavy atom. The molecule has 1 aromatic rings. The summed E-state index contributed by atoms with van der Waals surface area (Å²) in [6, 6.07) is 0.688. The van der Waals surface area contributed by atoms with E-state index in [9.17, 15) is 0 Å². The molecule has 3 nitrogen and oxygen atoms in total. The lowest BCUT2D eigenvalue weighted by Crippen LogP contribution is -2.43. The average molecular weight is 252 g/mol. The number of piperidine rings is 1. The Morgan fingerprint density at radius 1 is 1.29 bits per heavy atom. The van der Waals surface area contributed by atoms with Gasteiger partial charge in [-0.3, -0.25) is 0 Å². The highest BCUT2D eigenvalue weighted by atomic mass is 35.5. The van der Waals surface area contributed by atoms with Gasteiger partial charge in [-0.1, -0.05) is 6.42 Å². The van der Waals surface area contributed by atoms with E-state index in [1.165, 1.54) is 32.1 Å². The van der Waals surface area contributed by atoms with Crippen LogP contribution in [0.1, 0.15) is 37.7 Å². The highest BCUT2D eigenvalue weighted by molar-refractivity contribution is 6.28. The molecule has 0 aromatic carbocycles. The summed E-state index contributed by atoms with van der Waals surface area (Å²) in [4.78, 5) is 11.0. The predicted molar refractivity (Wildman–Crippen MR) is 69.5 cm³/mol. The topological polar surface area (TPSA) is 29.0 Å². The van der Waals surface area contributed by atoms with Gasteiger partial charge < -0.3 is 4.90 Å². The predicted octanol–water partition coefficient (Wildman–Crippen LogP) is 3.21. The van der Waals surface area contributed by atoms with Crippen molar-refractivity contribution in [3.8, 4) is 0 Å². The van der Waals surface area contributed by atoms with Crippen LogP contribution in [0.4, 0.5) is 5.82 Å². The van der Waals surface area contributed by atoms with Crippen molar-refractivity contribution in [2.75, 3.05) is 11.4 Å². The van der Waals surface area contributed by atoms with E-state index in [2.05, 4.69) is 21.8 Å². The average Bonchev–Trinajstić information content (AvgIpc) is 2.80. The second-order valence-electron chi connectivity index (χ2n) is 5.24. The third-order valence-electron chi connectivity index (χ3n) is 4.18. The lowest BCUT2D eigenvalue weighted by molar-refractivity contribution is 0.360. The minimum Gasteiger partial charge on any atom is -0.353 e. The van der Waals surface area contributed by atoms with Crippen LogP contribution in [0.2, 0.25) is 5.28 Å². The molecule has 17 heavy (non-hydrogen) atoms. The molecule has 2 atom stereocenters. The molecule has 1 aliphatic carbocycles. The zero-order valence-electron chi connectivity index (χ0n) is 10.2. The molecule has 1 aliphatic heterocycles. The van der Waals surface area contributed by atoms with Crippen LogP contribution in [0.15, 0.2) is 6.20 Å². The Kier molecular flexibility index (Phi) is 2.95. The minimum absolute atomic E-state index is 0.366. The van der Waals surface area contributed by atoms with Crippen molar-refractivity contribution < 1.29 is 0 Å². The van der Waals surface area contributed by atoms with Crippen LogP contribution < -0.4 is 4.90 Å². The first kappa shape index (κ1) is 11.3. The van der Waals surface area contributed by atoms with Crippen LogP contribution in [-0.2, 0) is 0 Å². The van der Waals surface area contributed by atoms with Crippen molar-refractivity contribution in [2.24, 2.45) is 5.92 Å². The molecule has 3 rings (SSSR count). The highest BCUT2D eigenvalue weighted by Crippen LogP contribution is 2.39. The van der Waals surface area contributed by atoms with Gasteiger partial charge in [-0.05, 0) is 50.1 Å². The summed E-state index contributed by atoms with van der Waals surface area (Å²) in [6.07, 6.45) is 8.57. The molecule has 1 saturated heterocycles. The van der Waals surface area contributed by atoms with Gasteiger partial charge in [0.15, 0.2) is 0 Å². The molecular weight excluding hydrogens is 234 g/mol. The number of hydrogen-bond acceptors (Lipinski definition) is 3. The number of halogens is 1. The van der Waals surface area contributed by atoms with Crippen molar-refractivity contribution >= 4 is 17.4 Å². The van der Waals surface area contributed by atoms with Crippen molar-refractivity contribution in [2.45, 2.75) is 45.1 Å². The van der Waals surface area contributed by atoms with Gasteiger partial charge in [0, 0.05) is 24.3 Å². The fourth-order valence-corrected chi connectivity index (χ4v) is 3.55. The number of aryl methyl sites for hydroxylation is 1. The standard InChI is InChI=1S/C13H18ClN3/c1-9-8-15-13(14)16-12(9)17-7-3-5-10-4-2-6-11(10)17/h8,10-11H,2-7H2,1H3.